The molecule has 1 rings (SSSR count). The third-order valence-corrected chi connectivity index (χ3v) is 3.81. The molecule has 0 saturated heterocycles. The molecule has 1 aromatic rings. The molecule has 0 bridgehead atoms. The molecule has 1 N–H and O–H groups in total. The van der Waals surface area contributed by atoms with Crippen LogP contribution in [0.25, 0.3) is 0 Å². The van der Waals surface area contributed by atoms with Crippen molar-refractivity contribution in [3.63, 3.8) is 0 Å². The number of hydrogen-bond donors (Lipinski definition) is 1. The lowest BCUT2D eigenvalue weighted by Crippen LogP contribution is -2.22. The van der Waals surface area contributed by atoms with E-state index in [0.29, 0.717) is 0 Å². The van der Waals surface area contributed by atoms with Crippen molar-refractivity contribution in [1.29, 1.82) is 0 Å². The van der Waals surface area contributed by atoms with E-state index >= 15 is 0 Å². The zero-order valence-electron chi connectivity index (χ0n) is 11.0. The molecule has 0 aromatic carbocycles. The van der Waals surface area contributed by atoms with Gasteiger partial charge in [0.05, 0.1) is 5.69 Å². The lowest BCUT2D eigenvalue weighted by atomic mass is 10.2. The zero-order chi connectivity index (χ0) is 12.1. The average Bonchev–Trinajstić information content (AvgIpc) is 2.45. The Balaban J connectivity index is 2.43. The highest BCUT2D eigenvalue weighted by Gasteiger charge is 2.09. The van der Waals surface area contributed by atoms with Crippen molar-refractivity contribution in [2.24, 2.45) is 13.0 Å². The predicted octanol–water partition coefficient (Wildman–Crippen LogP) is 2.13. The minimum atomic E-state index is 0.729. The summed E-state index contributed by atoms with van der Waals surface area (Å²) in [4.78, 5) is 0. The minimum absolute atomic E-state index is 0.729. The number of rotatable bonds is 6. The molecule has 1 unspecified atom stereocenters. The Morgan fingerprint density at radius 1 is 1.44 bits per heavy atom. The maximum atomic E-state index is 4.42. The Labute approximate surface area is 103 Å². The van der Waals surface area contributed by atoms with Crippen molar-refractivity contribution in [2.75, 3.05) is 18.6 Å². The lowest BCUT2D eigenvalue weighted by Gasteiger charge is -2.11. The van der Waals surface area contributed by atoms with Gasteiger partial charge in [0, 0.05) is 24.8 Å². The van der Waals surface area contributed by atoms with Gasteiger partial charge in [-0.2, -0.15) is 16.9 Å². The summed E-state index contributed by atoms with van der Waals surface area (Å²) in [5, 5.41) is 7.93. The molecule has 1 aromatic heterocycles. The highest BCUT2D eigenvalue weighted by molar-refractivity contribution is 7.98. The summed E-state index contributed by atoms with van der Waals surface area (Å²) in [5.74, 6) is 1.95. The quantitative estimate of drug-likeness (QED) is 0.827. The van der Waals surface area contributed by atoms with Crippen LogP contribution in [-0.2, 0) is 13.6 Å². The van der Waals surface area contributed by atoms with E-state index in [2.05, 4.69) is 37.4 Å². The maximum Gasteiger partial charge on any atom is 0.0641 e. The van der Waals surface area contributed by atoms with Gasteiger partial charge in [0.2, 0.25) is 0 Å². The van der Waals surface area contributed by atoms with Crippen molar-refractivity contribution in [3.05, 3.63) is 17.0 Å². The first-order valence-corrected chi connectivity index (χ1v) is 7.14. The fourth-order valence-electron chi connectivity index (χ4n) is 1.86. The van der Waals surface area contributed by atoms with Crippen LogP contribution in [0, 0.1) is 19.8 Å². The van der Waals surface area contributed by atoms with Gasteiger partial charge in [-0.25, -0.2) is 0 Å². The van der Waals surface area contributed by atoms with E-state index < -0.39 is 0 Å². The van der Waals surface area contributed by atoms with E-state index in [4.69, 9.17) is 0 Å². The first-order valence-electron chi connectivity index (χ1n) is 5.75. The second-order valence-corrected chi connectivity index (χ2v) is 5.38. The Morgan fingerprint density at radius 3 is 2.62 bits per heavy atom. The predicted molar refractivity (Wildman–Crippen MR) is 71.9 cm³/mol. The van der Waals surface area contributed by atoms with Crippen molar-refractivity contribution in [3.8, 4) is 0 Å². The summed E-state index contributed by atoms with van der Waals surface area (Å²) < 4.78 is 1.96. The third kappa shape index (κ3) is 3.52. The Hall–Kier alpha value is -0.480. The van der Waals surface area contributed by atoms with Crippen molar-refractivity contribution in [1.82, 2.24) is 15.1 Å². The molecule has 0 aliphatic rings. The van der Waals surface area contributed by atoms with Crippen LogP contribution in [0.2, 0.25) is 0 Å². The van der Waals surface area contributed by atoms with E-state index in [-0.39, 0.29) is 0 Å². The van der Waals surface area contributed by atoms with E-state index in [1.54, 1.807) is 0 Å². The van der Waals surface area contributed by atoms with Crippen LogP contribution in [-0.4, -0.2) is 28.3 Å². The highest BCUT2D eigenvalue weighted by Crippen LogP contribution is 2.11. The van der Waals surface area contributed by atoms with Crippen molar-refractivity contribution < 1.29 is 0 Å². The molecule has 0 fully saturated rings. The number of nitrogens with one attached hydrogen (secondary N) is 1. The SMILES string of the molecule is CSCC(C)CNCc1c(C)nn(C)c1C. The van der Waals surface area contributed by atoms with Gasteiger partial charge in [-0.1, -0.05) is 6.92 Å². The molecule has 1 atom stereocenters. The molecular formula is C12H23N3S. The van der Waals surface area contributed by atoms with E-state index in [1.165, 1.54) is 17.0 Å². The summed E-state index contributed by atoms with van der Waals surface area (Å²) >= 11 is 1.91. The Bertz CT molecular complexity index is 333. The molecule has 0 spiro atoms. The molecule has 0 aliphatic heterocycles. The van der Waals surface area contributed by atoms with Crippen molar-refractivity contribution >= 4 is 11.8 Å². The lowest BCUT2D eigenvalue weighted by molar-refractivity contribution is 0.557. The summed E-state index contributed by atoms with van der Waals surface area (Å²) in [6.07, 6.45) is 2.16. The number of aromatic nitrogens is 2. The van der Waals surface area contributed by atoms with E-state index in [1.807, 2.05) is 23.5 Å². The van der Waals surface area contributed by atoms with Gasteiger partial charge in [0.25, 0.3) is 0 Å². The number of aryl methyl sites for hydroxylation is 2. The minimum Gasteiger partial charge on any atom is -0.312 e. The van der Waals surface area contributed by atoms with Gasteiger partial charge in [-0.3, -0.25) is 4.68 Å². The summed E-state index contributed by atoms with van der Waals surface area (Å²) in [6.45, 7) is 8.50. The number of nitrogens with zero attached hydrogens (tertiary/aromatic N) is 2. The first-order chi connectivity index (χ1) is 7.56. The van der Waals surface area contributed by atoms with Gasteiger partial charge in [-0.05, 0) is 38.3 Å². The monoisotopic (exact) mass is 241 g/mol. The largest absolute Gasteiger partial charge is 0.312 e. The maximum absolute atomic E-state index is 4.42. The van der Waals surface area contributed by atoms with Crippen LogP contribution in [0.5, 0.6) is 0 Å². The van der Waals surface area contributed by atoms with Crippen LogP contribution < -0.4 is 5.32 Å². The van der Waals surface area contributed by atoms with Crippen molar-refractivity contribution in [2.45, 2.75) is 27.3 Å². The van der Waals surface area contributed by atoms with E-state index in [0.717, 1.165) is 24.7 Å². The fourth-order valence-corrected chi connectivity index (χ4v) is 2.55. The van der Waals surface area contributed by atoms with Gasteiger partial charge >= 0.3 is 0 Å². The molecule has 92 valence electrons. The second-order valence-electron chi connectivity index (χ2n) is 4.46. The zero-order valence-corrected chi connectivity index (χ0v) is 11.8. The molecule has 1 heterocycles. The molecule has 0 aliphatic carbocycles. The molecule has 0 amide bonds. The summed E-state index contributed by atoms with van der Waals surface area (Å²) in [5.41, 5.74) is 3.76. The normalized spacial score (nSPS) is 13.1. The second kappa shape index (κ2) is 6.30. The van der Waals surface area contributed by atoms with E-state index in [9.17, 15) is 0 Å². The summed E-state index contributed by atoms with van der Waals surface area (Å²) in [6, 6.07) is 0. The third-order valence-electron chi connectivity index (χ3n) is 2.90. The molecule has 0 radical (unpaired) electrons. The number of thioether (sulfide) groups is 1. The topological polar surface area (TPSA) is 29.9 Å². The molecule has 16 heavy (non-hydrogen) atoms. The van der Waals surface area contributed by atoms with Crippen LogP contribution in [0.15, 0.2) is 0 Å². The molecule has 0 saturated carbocycles. The van der Waals surface area contributed by atoms with Crippen LogP contribution >= 0.6 is 11.8 Å². The fraction of sp³-hybridized carbons (Fsp3) is 0.750. The molecule has 3 nitrogen and oxygen atoms in total. The van der Waals surface area contributed by atoms with Crippen LogP contribution in [0.4, 0.5) is 0 Å². The number of hydrogen-bond acceptors (Lipinski definition) is 3. The molecular weight excluding hydrogens is 218 g/mol. The average molecular weight is 241 g/mol. The van der Waals surface area contributed by atoms with Crippen LogP contribution in [0.3, 0.4) is 0 Å². The molecule has 4 heteroatoms. The van der Waals surface area contributed by atoms with Gasteiger partial charge in [-0.15, -0.1) is 0 Å². The summed E-state index contributed by atoms with van der Waals surface area (Å²) in [7, 11) is 2.00. The van der Waals surface area contributed by atoms with Gasteiger partial charge < -0.3 is 5.32 Å². The Morgan fingerprint density at radius 2 is 2.12 bits per heavy atom. The Kier molecular flexibility index (Phi) is 5.35. The van der Waals surface area contributed by atoms with Gasteiger partial charge in [0.1, 0.15) is 0 Å². The van der Waals surface area contributed by atoms with Gasteiger partial charge in [0.15, 0.2) is 0 Å². The smallest absolute Gasteiger partial charge is 0.0641 e. The van der Waals surface area contributed by atoms with Crippen LogP contribution in [0.1, 0.15) is 23.9 Å². The standard InChI is InChI=1S/C12H23N3S/c1-9(8-16-5)6-13-7-12-10(2)14-15(4)11(12)3/h9,13H,6-8H2,1-5H3. The first kappa shape index (κ1) is 13.6. The highest BCUT2D eigenvalue weighted by atomic mass is 32.2.